The lowest BCUT2D eigenvalue weighted by atomic mass is 10.3. The number of nitrogen functional groups attached to an aromatic ring is 1. The molecule has 0 saturated carbocycles. The van der Waals surface area contributed by atoms with Crippen LogP contribution in [0.5, 0.6) is 0 Å². The first-order valence-corrected chi connectivity index (χ1v) is 2.32. The predicted molar refractivity (Wildman–Crippen MR) is 30.8 cm³/mol. The summed E-state index contributed by atoms with van der Waals surface area (Å²) in [6, 6.07) is 1.33. The van der Waals surface area contributed by atoms with Gasteiger partial charge in [0.2, 0.25) is 0 Å². The molecule has 1 aromatic carbocycles. The van der Waals surface area contributed by atoms with E-state index in [-0.39, 0.29) is 11.7 Å². The second-order valence-corrected chi connectivity index (χ2v) is 1.58. The van der Waals surface area contributed by atoms with Crippen LogP contribution in [0, 0.1) is 11.6 Å². The van der Waals surface area contributed by atoms with Crippen LogP contribution in [0.2, 0.25) is 0 Å². The van der Waals surface area contributed by atoms with Gasteiger partial charge in [-0.3, -0.25) is 0 Å². The molecule has 1 nitrogen and oxygen atoms in total. The van der Waals surface area contributed by atoms with Crippen molar-refractivity contribution in [3.05, 3.63) is 29.8 Å². The fourth-order valence-electron chi connectivity index (χ4n) is 0.463. The van der Waals surface area contributed by atoms with Gasteiger partial charge in [0, 0.05) is 5.69 Å². The molecule has 0 heterocycles. The van der Waals surface area contributed by atoms with Crippen molar-refractivity contribution in [3.8, 4) is 0 Å². The number of anilines is 1. The van der Waals surface area contributed by atoms with Gasteiger partial charge in [0.25, 0.3) is 0 Å². The second-order valence-electron chi connectivity index (χ2n) is 1.58. The largest absolute Gasteiger partial charge is 0.399 e. The maximum absolute atomic E-state index is 12.2. The van der Waals surface area contributed by atoms with Gasteiger partial charge in [-0.15, -0.1) is 0 Å². The first-order valence-electron chi connectivity index (χ1n) is 2.82. The Hall–Kier alpha value is -1.12. The van der Waals surface area contributed by atoms with Gasteiger partial charge in [0.1, 0.15) is 0 Å². The highest BCUT2D eigenvalue weighted by atomic mass is 19.2. The minimum Gasteiger partial charge on any atom is -0.399 e. The Bertz CT molecular complexity index is 212. The summed E-state index contributed by atoms with van der Waals surface area (Å²) in [5, 5.41) is 0. The molecule has 2 N–H and O–H groups in total. The van der Waals surface area contributed by atoms with Crippen LogP contribution in [0.1, 0.15) is 1.37 Å². The van der Waals surface area contributed by atoms with Crippen LogP contribution in [0.25, 0.3) is 0 Å². The Balaban J connectivity index is 3.28. The summed E-state index contributed by atoms with van der Waals surface area (Å²) in [6.45, 7) is 0. The molecule has 0 spiro atoms. The summed E-state index contributed by atoms with van der Waals surface area (Å²) in [7, 11) is 0. The van der Waals surface area contributed by atoms with Gasteiger partial charge >= 0.3 is 0 Å². The molecule has 0 aliphatic carbocycles. The van der Waals surface area contributed by atoms with Crippen LogP contribution in [0.3, 0.4) is 0 Å². The molecule has 1 aromatic rings. The quantitative estimate of drug-likeness (QED) is 0.530. The van der Waals surface area contributed by atoms with Gasteiger partial charge in [-0.2, -0.15) is 0 Å². The van der Waals surface area contributed by atoms with Crippen LogP contribution in [0.15, 0.2) is 18.2 Å². The highest BCUT2D eigenvalue weighted by Gasteiger charge is 1.97. The fraction of sp³-hybridized carbons (Fsp3) is 0. The molecule has 0 bridgehead atoms. The van der Waals surface area contributed by atoms with Crippen LogP contribution < -0.4 is 5.73 Å². The third kappa shape index (κ3) is 1.16. The van der Waals surface area contributed by atoms with Gasteiger partial charge in [-0.1, -0.05) is 0 Å². The summed E-state index contributed by atoms with van der Waals surface area (Å²) >= 11 is 0. The monoisotopic (exact) mass is 130 g/mol. The summed E-state index contributed by atoms with van der Waals surface area (Å²) in [5.74, 6) is -2.06. The lowest BCUT2D eigenvalue weighted by Gasteiger charge is -1.91. The maximum atomic E-state index is 12.2. The summed E-state index contributed by atoms with van der Waals surface area (Å²) < 4.78 is 31.4. The van der Waals surface area contributed by atoms with Gasteiger partial charge < -0.3 is 5.73 Å². The first kappa shape index (κ1) is 4.73. The molecule has 48 valence electrons. The van der Waals surface area contributed by atoms with E-state index in [4.69, 9.17) is 7.10 Å². The number of hydrogen-bond acceptors (Lipinski definition) is 1. The fourth-order valence-corrected chi connectivity index (χ4v) is 0.463. The lowest BCUT2D eigenvalue weighted by molar-refractivity contribution is 0.509. The number of hydrogen-bond donors (Lipinski definition) is 1. The Morgan fingerprint density at radius 3 is 2.67 bits per heavy atom. The molecule has 0 aliphatic rings. The van der Waals surface area contributed by atoms with Crippen molar-refractivity contribution in [1.82, 2.24) is 0 Å². The van der Waals surface area contributed by atoms with Crippen molar-refractivity contribution >= 4 is 5.69 Å². The summed E-state index contributed by atoms with van der Waals surface area (Å²) in [4.78, 5) is 0. The molecule has 0 fully saturated rings. The van der Waals surface area contributed by atoms with E-state index in [1.807, 2.05) is 0 Å². The van der Waals surface area contributed by atoms with Crippen molar-refractivity contribution < 1.29 is 10.2 Å². The molecule has 0 unspecified atom stereocenters. The van der Waals surface area contributed by atoms with E-state index in [1.54, 1.807) is 0 Å². The zero-order valence-corrected chi connectivity index (χ0v) is 4.49. The Kier molecular flexibility index (Phi) is 1.06. The van der Waals surface area contributed by atoms with E-state index in [2.05, 4.69) is 0 Å². The van der Waals surface area contributed by atoms with Crippen LogP contribution in [-0.2, 0) is 0 Å². The maximum Gasteiger partial charge on any atom is 0.160 e. The van der Waals surface area contributed by atoms with Gasteiger partial charge in [0.15, 0.2) is 11.6 Å². The van der Waals surface area contributed by atoms with E-state index in [0.717, 1.165) is 12.1 Å². The highest BCUT2D eigenvalue weighted by Crippen LogP contribution is 2.08. The second kappa shape index (κ2) is 2.01. The SMILES string of the molecule is [2H]c1cc(F)c(F)cc1N. The smallest absolute Gasteiger partial charge is 0.160 e. The van der Waals surface area contributed by atoms with Crippen molar-refractivity contribution in [3.63, 3.8) is 0 Å². The molecule has 0 atom stereocenters. The standard InChI is InChI=1S/C6H5F2N/c7-5-2-1-4(9)3-6(5)8/h1-3H,9H2/i1D. The summed E-state index contributed by atoms with van der Waals surface area (Å²) in [5.41, 5.74) is 5.04. The van der Waals surface area contributed by atoms with Gasteiger partial charge in [-0.25, -0.2) is 8.78 Å². The van der Waals surface area contributed by atoms with E-state index in [9.17, 15) is 8.78 Å². The molecule has 3 heteroatoms. The van der Waals surface area contributed by atoms with Crippen LogP contribution >= 0.6 is 0 Å². The third-order valence-corrected chi connectivity index (χ3v) is 0.876. The average molecular weight is 130 g/mol. The minimum absolute atomic E-state index is 0.0566. The van der Waals surface area contributed by atoms with E-state index in [0.29, 0.717) is 0 Å². The Labute approximate surface area is 52.5 Å². The van der Waals surface area contributed by atoms with Gasteiger partial charge in [0.05, 0.1) is 1.37 Å². The molecule has 0 saturated heterocycles. The van der Waals surface area contributed by atoms with Crippen molar-refractivity contribution in [2.75, 3.05) is 5.73 Å². The van der Waals surface area contributed by atoms with Crippen LogP contribution in [0.4, 0.5) is 14.5 Å². The normalized spacial score (nSPS) is 11.1. The molecule has 0 amide bonds. The van der Waals surface area contributed by atoms with E-state index < -0.39 is 11.6 Å². The lowest BCUT2D eigenvalue weighted by Crippen LogP contribution is -1.88. The van der Waals surface area contributed by atoms with Crippen molar-refractivity contribution in [2.45, 2.75) is 0 Å². The number of benzene rings is 1. The molecular formula is C6H5F2N. The number of nitrogens with two attached hydrogens (primary N) is 1. The predicted octanol–water partition coefficient (Wildman–Crippen LogP) is 1.55. The average Bonchev–Trinajstić information content (AvgIpc) is 1.84. The van der Waals surface area contributed by atoms with E-state index >= 15 is 0 Å². The third-order valence-electron chi connectivity index (χ3n) is 0.876. The van der Waals surface area contributed by atoms with Crippen LogP contribution in [-0.4, -0.2) is 0 Å². The Morgan fingerprint density at radius 1 is 1.44 bits per heavy atom. The molecule has 0 aromatic heterocycles. The zero-order valence-electron chi connectivity index (χ0n) is 5.49. The molecule has 1 rings (SSSR count). The van der Waals surface area contributed by atoms with Gasteiger partial charge in [-0.05, 0) is 18.2 Å². The molecule has 0 radical (unpaired) electrons. The first-order chi connectivity index (χ1) is 4.61. The molecular weight excluding hydrogens is 124 g/mol. The van der Waals surface area contributed by atoms with Crippen molar-refractivity contribution in [2.24, 2.45) is 0 Å². The minimum atomic E-state index is -1.04. The Morgan fingerprint density at radius 2 is 2.11 bits per heavy atom. The number of rotatable bonds is 0. The number of halogens is 2. The summed E-state index contributed by atoms with van der Waals surface area (Å²) in [6.07, 6.45) is 0. The molecule has 0 aliphatic heterocycles. The highest BCUT2D eigenvalue weighted by molar-refractivity contribution is 5.37. The van der Waals surface area contributed by atoms with Crippen molar-refractivity contribution in [1.29, 1.82) is 0 Å². The zero-order chi connectivity index (χ0) is 7.72. The molecule has 9 heavy (non-hydrogen) atoms. The topological polar surface area (TPSA) is 26.0 Å². The van der Waals surface area contributed by atoms with E-state index in [1.165, 1.54) is 0 Å².